The van der Waals surface area contributed by atoms with Gasteiger partial charge in [-0.15, -0.1) is 0 Å². The normalized spacial score (nSPS) is 28.4. The Labute approximate surface area is 118 Å². The van der Waals surface area contributed by atoms with Gasteiger partial charge in [-0.25, -0.2) is 8.42 Å². The number of carbonyl (C=O) groups is 1. The van der Waals surface area contributed by atoms with Crippen LogP contribution in [0.3, 0.4) is 0 Å². The van der Waals surface area contributed by atoms with Gasteiger partial charge in [-0.2, -0.15) is 0 Å². The quantitative estimate of drug-likeness (QED) is 0.791. The summed E-state index contributed by atoms with van der Waals surface area (Å²) in [7, 11) is -3.04. The molecule has 2 aliphatic rings. The number of amides is 1. The molecule has 2 heterocycles. The third-order valence-electron chi connectivity index (χ3n) is 4.39. The van der Waals surface area contributed by atoms with Gasteiger partial charge in [0.25, 0.3) is 5.91 Å². The maximum atomic E-state index is 12.6. The average molecular weight is 297 g/mol. The van der Waals surface area contributed by atoms with Gasteiger partial charge in [0.1, 0.15) is 5.76 Å². The summed E-state index contributed by atoms with van der Waals surface area (Å²) in [6.07, 6.45) is 2.32. The third-order valence-corrected chi connectivity index (χ3v) is 6.62. The van der Waals surface area contributed by atoms with E-state index in [4.69, 9.17) is 4.42 Å². The summed E-state index contributed by atoms with van der Waals surface area (Å²) in [4.78, 5) is 14.3. The van der Waals surface area contributed by atoms with Gasteiger partial charge in [0, 0.05) is 18.2 Å². The molecule has 1 saturated carbocycles. The third kappa shape index (κ3) is 2.06. The second-order valence-corrected chi connectivity index (χ2v) is 8.11. The van der Waals surface area contributed by atoms with Crippen LogP contribution in [-0.2, 0) is 9.84 Å². The summed E-state index contributed by atoms with van der Waals surface area (Å²) < 4.78 is 29.6. The molecule has 6 heteroatoms. The fourth-order valence-corrected chi connectivity index (χ4v) is 5.50. The molecule has 1 aromatic heterocycles. The van der Waals surface area contributed by atoms with Crippen LogP contribution >= 0.6 is 0 Å². The minimum Gasteiger partial charge on any atom is -0.456 e. The largest absolute Gasteiger partial charge is 0.456 e. The molecule has 0 aromatic carbocycles. The molecule has 1 aromatic rings. The molecular weight excluding hydrogens is 278 g/mol. The maximum Gasteiger partial charge on any atom is 0.290 e. The molecular formula is C14H19NO4S. The van der Waals surface area contributed by atoms with Gasteiger partial charge in [0.15, 0.2) is 15.6 Å². The molecule has 2 fully saturated rings. The highest BCUT2D eigenvalue weighted by atomic mass is 32.2. The Morgan fingerprint density at radius 1 is 1.35 bits per heavy atom. The van der Waals surface area contributed by atoms with Crippen LogP contribution in [0, 0.1) is 13.8 Å². The molecule has 0 radical (unpaired) electrons. The summed E-state index contributed by atoms with van der Waals surface area (Å²) in [6, 6.07) is 1.66. The Kier molecular flexibility index (Phi) is 3.16. The summed E-state index contributed by atoms with van der Waals surface area (Å²) in [5.41, 5.74) is 0.815. The first-order valence-electron chi connectivity index (χ1n) is 7.00. The number of hydrogen-bond donors (Lipinski definition) is 0. The minimum absolute atomic E-state index is 0.0681. The molecule has 1 saturated heterocycles. The van der Waals surface area contributed by atoms with Crippen molar-refractivity contribution in [2.45, 2.75) is 44.4 Å². The highest BCUT2D eigenvalue weighted by Crippen LogP contribution is 2.34. The van der Waals surface area contributed by atoms with Crippen molar-refractivity contribution in [2.24, 2.45) is 0 Å². The predicted octanol–water partition coefficient (Wildman–Crippen LogP) is 1.69. The molecule has 20 heavy (non-hydrogen) atoms. The summed E-state index contributed by atoms with van der Waals surface area (Å²) in [5.74, 6) is 0.965. The van der Waals surface area contributed by atoms with Crippen LogP contribution in [0.4, 0.5) is 0 Å². The lowest BCUT2D eigenvalue weighted by atomic mass is 10.1. The van der Waals surface area contributed by atoms with Crippen LogP contribution < -0.4 is 0 Å². The van der Waals surface area contributed by atoms with Gasteiger partial charge in [-0.05, 0) is 39.2 Å². The van der Waals surface area contributed by atoms with Crippen molar-refractivity contribution in [3.8, 4) is 0 Å². The monoisotopic (exact) mass is 297 g/mol. The first kappa shape index (κ1) is 13.7. The Morgan fingerprint density at radius 2 is 2.10 bits per heavy atom. The topological polar surface area (TPSA) is 67.6 Å². The first-order valence-corrected chi connectivity index (χ1v) is 8.71. The molecule has 1 aliphatic carbocycles. The molecule has 2 unspecified atom stereocenters. The van der Waals surface area contributed by atoms with E-state index in [0.29, 0.717) is 17.9 Å². The number of nitrogens with zero attached hydrogens (tertiary/aromatic N) is 1. The molecule has 110 valence electrons. The Hall–Kier alpha value is -1.30. The van der Waals surface area contributed by atoms with E-state index in [1.807, 2.05) is 19.9 Å². The molecule has 1 amide bonds. The van der Waals surface area contributed by atoms with Crippen LogP contribution in [0.2, 0.25) is 0 Å². The van der Waals surface area contributed by atoms with Crippen molar-refractivity contribution in [1.29, 1.82) is 0 Å². The van der Waals surface area contributed by atoms with Gasteiger partial charge in [-0.3, -0.25) is 4.79 Å². The lowest BCUT2D eigenvalue weighted by molar-refractivity contribution is 0.0652. The smallest absolute Gasteiger partial charge is 0.290 e. The number of aryl methyl sites for hydroxylation is 2. The Balaban J connectivity index is 1.91. The molecule has 0 spiro atoms. The van der Waals surface area contributed by atoms with E-state index in [9.17, 15) is 13.2 Å². The van der Waals surface area contributed by atoms with E-state index < -0.39 is 9.84 Å². The standard InChI is InChI=1S/C14H19NO4S/c1-9-8-10(2)19-13(9)14(16)15-6-7-20(17,18)12-5-3-4-11(12)15/h8,11-12H,3-7H2,1-2H3. The summed E-state index contributed by atoms with van der Waals surface area (Å²) >= 11 is 0. The summed E-state index contributed by atoms with van der Waals surface area (Å²) in [6.45, 7) is 3.93. The van der Waals surface area contributed by atoms with Crippen LogP contribution in [0.15, 0.2) is 10.5 Å². The summed E-state index contributed by atoms with van der Waals surface area (Å²) in [5, 5.41) is -0.378. The van der Waals surface area contributed by atoms with E-state index >= 15 is 0 Å². The second-order valence-electron chi connectivity index (χ2n) is 5.77. The zero-order chi connectivity index (χ0) is 14.5. The van der Waals surface area contributed by atoms with Crippen molar-refractivity contribution in [1.82, 2.24) is 4.90 Å². The molecule has 0 bridgehead atoms. The van der Waals surface area contributed by atoms with Crippen LogP contribution in [0.25, 0.3) is 0 Å². The predicted molar refractivity (Wildman–Crippen MR) is 74.4 cm³/mol. The van der Waals surface area contributed by atoms with Crippen molar-refractivity contribution in [2.75, 3.05) is 12.3 Å². The first-order chi connectivity index (χ1) is 9.40. The van der Waals surface area contributed by atoms with Gasteiger partial charge in [0.2, 0.25) is 0 Å². The average Bonchev–Trinajstić information content (AvgIpc) is 2.96. The second kappa shape index (κ2) is 4.62. The Bertz CT molecular complexity index is 646. The van der Waals surface area contributed by atoms with Crippen molar-refractivity contribution in [3.63, 3.8) is 0 Å². The molecule has 3 rings (SSSR count). The van der Waals surface area contributed by atoms with Gasteiger partial charge >= 0.3 is 0 Å². The molecule has 5 nitrogen and oxygen atoms in total. The van der Waals surface area contributed by atoms with Crippen LogP contribution in [-0.4, -0.2) is 42.8 Å². The van der Waals surface area contributed by atoms with Crippen LogP contribution in [0.1, 0.15) is 41.1 Å². The molecule has 0 N–H and O–H groups in total. The fraction of sp³-hybridized carbons (Fsp3) is 0.643. The SMILES string of the molecule is Cc1cc(C)c(C(=O)N2CCS(=O)(=O)C3CCCC32)o1. The van der Waals surface area contributed by atoms with Crippen molar-refractivity contribution >= 4 is 15.7 Å². The number of sulfone groups is 1. The maximum absolute atomic E-state index is 12.6. The van der Waals surface area contributed by atoms with Crippen molar-refractivity contribution < 1.29 is 17.6 Å². The van der Waals surface area contributed by atoms with Gasteiger partial charge in [-0.1, -0.05) is 0 Å². The van der Waals surface area contributed by atoms with E-state index in [1.54, 1.807) is 4.90 Å². The zero-order valence-electron chi connectivity index (χ0n) is 11.8. The highest BCUT2D eigenvalue weighted by Gasteiger charge is 2.46. The zero-order valence-corrected chi connectivity index (χ0v) is 12.6. The number of carbonyl (C=O) groups excluding carboxylic acids is 1. The number of hydrogen-bond acceptors (Lipinski definition) is 4. The van der Waals surface area contributed by atoms with E-state index in [1.165, 1.54) is 0 Å². The van der Waals surface area contributed by atoms with Gasteiger partial charge in [0.05, 0.1) is 11.0 Å². The Morgan fingerprint density at radius 3 is 2.75 bits per heavy atom. The minimum atomic E-state index is -3.04. The lowest BCUT2D eigenvalue weighted by Gasteiger charge is -2.37. The number of fused-ring (bicyclic) bond motifs is 1. The molecule has 1 aliphatic heterocycles. The fourth-order valence-electron chi connectivity index (χ4n) is 3.46. The lowest BCUT2D eigenvalue weighted by Crippen LogP contribution is -2.54. The number of furan rings is 1. The number of rotatable bonds is 1. The molecule has 2 atom stereocenters. The van der Waals surface area contributed by atoms with Crippen LogP contribution in [0.5, 0.6) is 0 Å². The van der Waals surface area contributed by atoms with Crippen molar-refractivity contribution in [3.05, 3.63) is 23.2 Å². The van der Waals surface area contributed by atoms with E-state index in [-0.39, 0.29) is 29.5 Å². The van der Waals surface area contributed by atoms with E-state index in [0.717, 1.165) is 18.4 Å². The van der Waals surface area contributed by atoms with Gasteiger partial charge < -0.3 is 9.32 Å². The highest BCUT2D eigenvalue weighted by molar-refractivity contribution is 7.92. The van der Waals surface area contributed by atoms with E-state index in [2.05, 4.69) is 0 Å².